The molecule has 16 heavy (non-hydrogen) atoms. The van der Waals surface area contributed by atoms with Gasteiger partial charge in [0, 0.05) is 23.7 Å². The third kappa shape index (κ3) is 2.97. The summed E-state index contributed by atoms with van der Waals surface area (Å²) in [5.74, 6) is 0.809. The van der Waals surface area contributed by atoms with Gasteiger partial charge in [-0.1, -0.05) is 6.92 Å². The van der Waals surface area contributed by atoms with Crippen LogP contribution in [0.2, 0.25) is 0 Å². The summed E-state index contributed by atoms with van der Waals surface area (Å²) >= 11 is 6.16. The number of aromatic nitrogens is 1. The van der Waals surface area contributed by atoms with E-state index in [-0.39, 0.29) is 0 Å². The molecule has 1 aliphatic heterocycles. The van der Waals surface area contributed by atoms with Gasteiger partial charge in [0.1, 0.15) is 5.01 Å². The molecule has 1 aromatic rings. The third-order valence-corrected chi connectivity index (χ3v) is 4.38. The van der Waals surface area contributed by atoms with Crippen molar-refractivity contribution in [2.24, 2.45) is 0 Å². The average Bonchev–Trinajstić information content (AvgIpc) is 2.72. The minimum Gasteiger partial charge on any atom is -0.379 e. The summed E-state index contributed by atoms with van der Waals surface area (Å²) in [4.78, 5) is 8.42. The highest BCUT2D eigenvalue weighted by molar-refractivity contribution is 7.79. The van der Waals surface area contributed by atoms with Gasteiger partial charge in [-0.3, -0.25) is 4.90 Å². The normalized spacial score (nSPS) is 17.9. The lowest BCUT2D eigenvalue weighted by atomic mass is 10.3. The number of hydrogen-bond donors (Lipinski definition) is 1. The molecule has 90 valence electrons. The van der Waals surface area contributed by atoms with Gasteiger partial charge in [-0.25, -0.2) is 4.98 Å². The van der Waals surface area contributed by atoms with Crippen LogP contribution in [0.1, 0.15) is 22.5 Å². The molecule has 1 aromatic heterocycles. The molecule has 2 heterocycles. The van der Waals surface area contributed by atoms with Gasteiger partial charge in [0.05, 0.1) is 25.5 Å². The van der Waals surface area contributed by atoms with Gasteiger partial charge in [-0.15, -0.1) is 11.3 Å². The minimum absolute atomic E-state index is 0.809. The molecule has 1 aliphatic rings. The predicted molar refractivity (Wildman–Crippen MR) is 70.3 cm³/mol. The molecule has 3 nitrogen and oxygen atoms in total. The van der Waals surface area contributed by atoms with Gasteiger partial charge < -0.3 is 4.74 Å². The van der Waals surface area contributed by atoms with E-state index in [9.17, 15) is 0 Å². The van der Waals surface area contributed by atoms with Gasteiger partial charge >= 0.3 is 0 Å². The molecule has 5 heteroatoms. The van der Waals surface area contributed by atoms with E-state index in [0.29, 0.717) is 0 Å². The summed E-state index contributed by atoms with van der Waals surface area (Å²) in [6.45, 7) is 6.88. The Bertz CT molecular complexity index is 313. The Labute approximate surface area is 106 Å². The number of thiol groups is 1. The molecule has 2 rings (SSSR count). The fraction of sp³-hybridized carbons (Fsp3) is 0.727. The standard InChI is InChI=1S/C11H18N2OS2/c1-2-9-10(8-15)16-11(12-9)7-13-3-5-14-6-4-13/h15H,2-8H2,1H3. The van der Waals surface area contributed by atoms with E-state index >= 15 is 0 Å². The predicted octanol–water partition coefficient (Wildman–Crippen LogP) is 1.97. The van der Waals surface area contributed by atoms with E-state index in [4.69, 9.17) is 4.74 Å². The van der Waals surface area contributed by atoms with Crippen LogP contribution in [0.25, 0.3) is 0 Å². The Morgan fingerprint density at radius 2 is 2.19 bits per heavy atom. The highest BCUT2D eigenvalue weighted by Gasteiger charge is 2.14. The number of aryl methyl sites for hydroxylation is 1. The van der Waals surface area contributed by atoms with Crippen LogP contribution in [0, 0.1) is 0 Å². The summed E-state index contributed by atoms with van der Waals surface area (Å²) in [6.07, 6.45) is 1.01. The van der Waals surface area contributed by atoms with Crippen molar-refractivity contribution in [3.8, 4) is 0 Å². The first kappa shape index (κ1) is 12.4. The largest absolute Gasteiger partial charge is 0.379 e. The number of thiazole rings is 1. The fourth-order valence-electron chi connectivity index (χ4n) is 1.85. The molecule has 0 radical (unpaired) electrons. The first-order valence-corrected chi connectivity index (χ1v) is 7.16. The Hall–Kier alpha value is -0.100. The molecule has 0 N–H and O–H groups in total. The van der Waals surface area contributed by atoms with Crippen LogP contribution >= 0.6 is 24.0 Å². The lowest BCUT2D eigenvalue weighted by Crippen LogP contribution is -2.35. The molecule has 0 amide bonds. The molecule has 0 unspecified atom stereocenters. The highest BCUT2D eigenvalue weighted by atomic mass is 32.1. The smallest absolute Gasteiger partial charge is 0.107 e. The molecule has 0 spiro atoms. The second-order valence-electron chi connectivity index (χ2n) is 3.88. The quantitative estimate of drug-likeness (QED) is 0.836. The van der Waals surface area contributed by atoms with Crippen molar-refractivity contribution < 1.29 is 4.74 Å². The van der Waals surface area contributed by atoms with Crippen molar-refractivity contribution in [2.75, 3.05) is 26.3 Å². The minimum atomic E-state index is 0.809. The number of morpholine rings is 1. The summed E-state index contributed by atoms with van der Waals surface area (Å²) in [7, 11) is 0. The zero-order chi connectivity index (χ0) is 11.4. The van der Waals surface area contributed by atoms with E-state index in [2.05, 4.69) is 29.4 Å². The van der Waals surface area contributed by atoms with E-state index in [0.717, 1.165) is 45.0 Å². The van der Waals surface area contributed by atoms with Crippen LogP contribution in [0.5, 0.6) is 0 Å². The molecule has 0 aromatic carbocycles. The third-order valence-electron chi connectivity index (χ3n) is 2.76. The summed E-state index contributed by atoms with van der Waals surface area (Å²) in [6, 6.07) is 0. The first-order valence-electron chi connectivity index (χ1n) is 5.72. The summed E-state index contributed by atoms with van der Waals surface area (Å²) in [5.41, 5.74) is 1.23. The van der Waals surface area contributed by atoms with Crippen molar-refractivity contribution in [3.05, 3.63) is 15.6 Å². The maximum atomic E-state index is 5.34. The molecule has 0 bridgehead atoms. The first-order chi connectivity index (χ1) is 7.83. The SMILES string of the molecule is CCc1nc(CN2CCOCC2)sc1CS. The Kier molecular flexibility index (Phi) is 4.64. The number of hydrogen-bond acceptors (Lipinski definition) is 5. The van der Waals surface area contributed by atoms with Gasteiger partial charge in [0.2, 0.25) is 0 Å². The second-order valence-corrected chi connectivity index (χ2v) is 5.36. The van der Waals surface area contributed by atoms with Crippen molar-refractivity contribution in [1.82, 2.24) is 9.88 Å². The van der Waals surface area contributed by atoms with Gasteiger partial charge in [-0.2, -0.15) is 12.6 Å². The zero-order valence-electron chi connectivity index (χ0n) is 9.61. The number of ether oxygens (including phenoxy) is 1. The maximum Gasteiger partial charge on any atom is 0.107 e. The van der Waals surface area contributed by atoms with Crippen LogP contribution in [0.4, 0.5) is 0 Å². The number of rotatable bonds is 4. The lowest BCUT2D eigenvalue weighted by Gasteiger charge is -2.25. The Balaban J connectivity index is 2.00. The Morgan fingerprint density at radius 3 is 2.75 bits per heavy atom. The fourth-order valence-corrected chi connectivity index (χ4v) is 3.29. The topological polar surface area (TPSA) is 25.4 Å². The summed E-state index contributed by atoms with van der Waals surface area (Å²) < 4.78 is 5.34. The van der Waals surface area contributed by atoms with Gasteiger partial charge in [0.15, 0.2) is 0 Å². The molecule has 1 fully saturated rings. The maximum absolute atomic E-state index is 5.34. The van der Waals surface area contributed by atoms with Gasteiger partial charge in [-0.05, 0) is 6.42 Å². The van der Waals surface area contributed by atoms with E-state index < -0.39 is 0 Å². The molecular weight excluding hydrogens is 240 g/mol. The monoisotopic (exact) mass is 258 g/mol. The van der Waals surface area contributed by atoms with Crippen molar-refractivity contribution >= 4 is 24.0 Å². The van der Waals surface area contributed by atoms with Crippen molar-refractivity contribution in [3.63, 3.8) is 0 Å². The molecule has 0 aliphatic carbocycles. The second kappa shape index (κ2) is 6.00. The lowest BCUT2D eigenvalue weighted by molar-refractivity contribution is 0.0341. The van der Waals surface area contributed by atoms with Crippen molar-refractivity contribution in [2.45, 2.75) is 25.6 Å². The van der Waals surface area contributed by atoms with E-state index in [1.165, 1.54) is 15.6 Å². The van der Waals surface area contributed by atoms with Crippen molar-refractivity contribution in [1.29, 1.82) is 0 Å². The van der Waals surface area contributed by atoms with Crippen LogP contribution in [0.3, 0.4) is 0 Å². The van der Waals surface area contributed by atoms with Gasteiger partial charge in [0.25, 0.3) is 0 Å². The molecule has 0 saturated carbocycles. The molecular formula is C11H18N2OS2. The average molecular weight is 258 g/mol. The van der Waals surface area contributed by atoms with E-state index in [1.54, 1.807) is 0 Å². The zero-order valence-corrected chi connectivity index (χ0v) is 11.3. The number of nitrogens with zero attached hydrogens (tertiary/aromatic N) is 2. The summed E-state index contributed by atoms with van der Waals surface area (Å²) in [5, 5.41) is 1.22. The Morgan fingerprint density at radius 1 is 1.44 bits per heavy atom. The highest BCUT2D eigenvalue weighted by Crippen LogP contribution is 2.22. The van der Waals surface area contributed by atoms with Crippen LogP contribution in [-0.2, 0) is 23.5 Å². The molecule has 1 saturated heterocycles. The van der Waals surface area contributed by atoms with Crippen LogP contribution < -0.4 is 0 Å². The van der Waals surface area contributed by atoms with Crippen LogP contribution in [0.15, 0.2) is 0 Å². The molecule has 0 atom stereocenters. The van der Waals surface area contributed by atoms with Crippen LogP contribution in [-0.4, -0.2) is 36.2 Å². The van der Waals surface area contributed by atoms with E-state index in [1.807, 2.05) is 11.3 Å².